The lowest BCUT2D eigenvalue weighted by Gasteiger charge is -2.26. The van der Waals surface area contributed by atoms with E-state index in [1.807, 2.05) is 0 Å². The number of hydrogen-bond acceptors (Lipinski definition) is 3. The van der Waals surface area contributed by atoms with Crippen LogP contribution in [0, 0.1) is 5.82 Å². The van der Waals surface area contributed by atoms with Crippen LogP contribution >= 0.6 is 27.5 Å². The Morgan fingerprint density at radius 2 is 2.00 bits per heavy atom. The lowest BCUT2D eigenvalue weighted by atomic mass is 10.3. The Kier molecular flexibility index (Phi) is 4.67. The van der Waals surface area contributed by atoms with E-state index in [4.69, 9.17) is 16.3 Å². The summed E-state index contributed by atoms with van der Waals surface area (Å²) in [4.78, 5) is 0. The molecule has 0 aromatic heterocycles. The molecular formula is C10H11BrClFN2O3S. The third-order valence-corrected chi connectivity index (χ3v) is 4.98. The van der Waals surface area contributed by atoms with E-state index in [1.165, 1.54) is 4.31 Å². The highest BCUT2D eigenvalue weighted by atomic mass is 79.9. The van der Waals surface area contributed by atoms with Gasteiger partial charge in [-0.25, -0.2) is 4.39 Å². The minimum absolute atomic E-state index is 0.0105. The predicted octanol–water partition coefficient (Wildman–Crippen LogP) is 2.23. The molecule has 1 saturated heterocycles. The van der Waals surface area contributed by atoms with Gasteiger partial charge in [0.15, 0.2) is 0 Å². The third-order valence-electron chi connectivity index (χ3n) is 2.55. The maximum atomic E-state index is 13.1. The Bertz CT molecular complexity index is 555. The van der Waals surface area contributed by atoms with Gasteiger partial charge in [-0.15, -0.1) is 0 Å². The average Bonchev–Trinajstić information content (AvgIpc) is 2.35. The smallest absolute Gasteiger partial charge is 0.301 e. The van der Waals surface area contributed by atoms with Crippen LogP contribution in [-0.4, -0.2) is 39.0 Å². The highest BCUT2D eigenvalue weighted by molar-refractivity contribution is 9.10. The van der Waals surface area contributed by atoms with Crippen molar-refractivity contribution in [3.8, 4) is 0 Å². The van der Waals surface area contributed by atoms with E-state index in [9.17, 15) is 12.8 Å². The van der Waals surface area contributed by atoms with Crippen LogP contribution < -0.4 is 4.72 Å². The molecule has 0 saturated carbocycles. The normalized spacial score (nSPS) is 17.4. The highest BCUT2D eigenvalue weighted by Crippen LogP contribution is 2.32. The van der Waals surface area contributed by atoms with Gasteiger partial charge in [0, 0.05) is 17.6 Å². The lowest BCUT2D eigenvalue weighted by molar-refractivity contribution is 0.0733. The third kappa shape index (κ3) is 3.57. The van der Waals surface area contributed by atoms with Crippen molar-refractivity contribution in [1.82, 2.24) is 4.31 Å². The van der Waals surface area contributed by atoms with Crippen molar-refractivity contribution in [2.75, 3.05) is 31.0 Å². The van der Waals surface area contributed by atoms with Gasteiger partial charge in [0.25, 0.3) is 0 Å². The van der Waals surface area contributed by atoms with Crippen LogP contribution in [0.5, 0.6) is 0 Å². The standard InChI is InChI=1S/C10H11BrClFN2O3S/c11-8-5-7(13)6-9(12)10(8)14-19(16,17)15-1-3-18-4-2-15/h5-6,14H,1-4H2. The van der Waals surface area contributed by atoms with Gasteiger partial charge in [-0.1, -0.05) is 11.6 Å². The second-order valence-electron chi connectivity index (χ2n) is 3.86. The largest absolute Gasteiger partial charge is 0.379 e. The predicted molar refractivity (Wildman–Crippen MR) is 74.0 cm³/mol. The molecular weight excluding hydrogens is 363 g/mol. The SMILES string of the molecule is O=S(=O)(Nc1c(Cl)cc(F)cc1Br)N1CCOCC1. The molecule has 2 rings (SSSR count). The average molecular weight is 374 g/mol. The highest BCUT2D eigenvalue weighted by Gasteiger charge is 2.25. The van der Waals surface area contributed by atoms with Gasteiger partial charge in [-0.3, -0.25) is 4.72 Å². The Morgan fingerprint density at radius 3 is 2.58 bits per heavy atom. The molecule has 1 fully saturated rings. The maximum Gasteiger partial charge on any atom is 0.301 e. The fraction of sp³-hybridized carbons (Fsp3) is 0.400. The van der Waals surface area contributed by atoms with Gasteiger partial charge >= 0.3 is 10.2 Å². The second-order valence-corrected chi connectivity index (χ2v) is 6.80. The first-order valence-electron chi connectivity index (χ1n) is 5.40. The van der Waals surface area contributed by atoms with Crippen LogP contribution in [0.3, 0.4) is 0 Å². The van der Waals surface area contributed by atoms with Crippen LogP contribution in [0.4, 0.5) is 10.1 Å². The number of nitrogens with zero attached hydrogens (tertiary/aromatic N) is 1. The number of ether oxygens (including phenoxy) is 1. The van der Waals surface area contributed by atoms with Gasteiger partial charge in [0.05, 0.1) is 23.9 Å². The Labute approximate surface area is 124 Å². The molecule has 0 spiro atoms. The summed E-state index contributed by atoms with van der Waals surface area (Å²) in [5, 5.41) is -0.0105. The minimum atomic E-state index is -3.73. The monoisotopic (exact) mass is 372 g/mol. The van der Waals surface area contributed by atoms with E-state index in [0.29, 0.717) is 13.2 Å². The Hall–Kier alpha value is -0.410. The summed E-state index contributed by atoms with van der Waals surface area (Å²) in [5.41, 5.74) is 0.120. The summed E-state index contributed by atoms with van der Waals surface area (Å²) in [6.07, 6.45) is 0. The molecule has 0 radical (unpaired) electrons. The zero-order valence-corrected chi connectivity index (χ0v) is 12.9. The molecule has 106 valence electrons. The fourth-order valence-electron chi connectivity index (χ4n) is 1.62. The van der Waals surface area contributed by atoms with E-state index in [2.05, 4.69) is 20.7 Å². The van der Waals surface area contributed by atoms with Gasteiger partial charge in [-0.05, 0) is 28.1 Å². The summed E-state index contributed by atoms with van der Waals surface area (Å²) in [6, 6.07) is 2.19. The zero-order valence-electron chi connectivity index (χ0n) is 9.70. The lowest BCUT2D eigenvalue weighted by Crippen LogP contribution is -2.43. The molecule has 0 unspecified atom stereocenters. The number of anilines is 1. The van der Waals surface area contributed by atoms with E-state index in [-0.39, 0.29) is 28.3 Å². The summed E-state index contributed by atoms with van der Waals surface area (Å²) in [6.45, 7) is 1.23. The topological polar surface area (TPSA) is 58.6 Å². The van der Waals surface area contributed by atoms with E-state index in [1.54, 1.807) is 0 Å². The first-order chi connectivity index (χ1) is 8.90. The van der Waals surface area contributed by atoms with Crippen LogP contribution in [0.1, 0.15) is 0 Å². The maximum absolute atomic E-state index is 13.1. The molecule has 1 N–H and O–H groups in total. The molecule has 1 aromatic carbocycles. The van der Waals surface area contributed by atoms with Gasteiger partial charge in [0.1, 0.15) is 5.82 Å². The van der Waals surface area contributed by atoms with Crippen LogP contribution in [-0.2, 0) is 14.9 Å². The summed E-state index contributed by atoms with van der Waals surface area (Å²) in [7, 11) is -3.73. The first-order valence-corrected chi connectivity index (χ1v) is 8.01. The number of halogens is 3. The molecule has 1 heterocycles. The molecule has 1 aliphatic rings. The number of hydrogen-bond donors (Lipinski definition) is 1. The summed E-state index contributed by atoms with van der Waals surface area (Å²) in [5.74, 6) is -0.550. The van der Waals surface area contributed by atoms with Crippen molar-refractivity contribution >= 4 is 43.4 Å². The molecule has 5 nitrogen and oxygen atoms in total. The zero-order chi connectivity index (χ0) is 14.0. The van der Waals surface area contributed by atoms with Crippen molar-refractivity contribution in [2.24, 2.45) is 0 Å². The van der Waals surface area contributed by atoms with Crippen molar-refractivity contribution in [3.63, 3.8) is 0 Å². The van der Waals surface area contributed by atoms with Gasteiger partial charge in [0.2, 0.25) is 0 Å². The van der Waals surface area contributed by atoms with E-state index >= 15 is 0 Å². The molecule has 9 heteroatoms. The molecule has 0 atom stereocenters. The van der Waals surface area contributed by atoms with Crippen LogP contribution in [0.25, 0.3) is 0 Å². The van der Waals surface area contributed by atoms with Crippen molar-refractivity contribution < 1.29 is 17.5 Å². The number of rotatable bonds is 3. The number of nitrogens with one attached hydrogen (secondary N) is 1. The number of benzene rings is 1. The van der Waals surface area contributed by atoms with Gasteiger partial charge in [-0.2, -0.15) is 12.7 Å². The van der Waals surface area contributed by atoms with Gasteiger partial charge < -0.3 is 4.74 Å². The summed E-state index contributed by atoms with van der Waals surface area (Å²) >= 11 is 8.92. The first kappa shape index (κ1) is 15.0. The van der Waals surface area contributed by atoms with Crippen LogP contribution in [0.15, 0.2) is 16.6 Å². The van der Waals surface area contributed by atoms with Crippen molar-refractivity contribution in [1.29, 1.82) is 0 Å². The fourth-order valence-corrected chi connectivity index (χ4v) is 3.94. The molecule has 19 heavy (non-hydrogen) atoms. The molecule has 1 aliphatic heterocycles. The Morgan fingerprint density at radius 1 is 1.37 bits per heavy atom. The number of morpholine rings is 1. The second kappa shape index (κ2) is 5.92. The quantitative estimate of drug-likeness (QED) is 0.884. The molecule has 0 aliphatic carbocycles. The minimum Gasteiger partial charge on any atom is -0.379 e. The van der Waals surface area contributed by atoms with E-state index in [0.717, 1.165) is 12.1 Å². The molecule has 0 amide bonds. The molecule has 0 bridgehead atoms. The van der Waals surface area contributed by atoms with Crippen molar-refractivity contribution in [2.45, 2.75) is 0 Å². The molecule has 1 aromatic rings. The van der Waals surface area contributed by atoms with Crippen molar-refractivity contribution in [3.05, 3.63) is 27.4 Å². The summed E-state index contributed by atoms with van der Waals surface area (Å²) < 4.78 is 46.3. The Balaban J connectivity index is 2.25. The van der Waals surface area contributed by atoms with Crippen LogP contribution in [0.2, 0.25) is 5.02 Å². The van der Waals surface area contributed by atoms with E-state index < -0.39 is 16.0 Å².